The second-order valence-electron chi connectivity index (χ2n) is 8.71. The van der Waals surface area contributed by atoms with E-state index in [9.17, 15) is 0 Å². The molecule has 0 saturated heterocycles. The molecule has 2 rings (SSSR count). The lowest BCUT2D eigenvalue weighted by Gasteiger charge is -2.38. The predicted molar refractivity (Wildman–Crippen MR) is 121 cm³/mol. The van der Waals surface area contributed by atoms with Gasteiger partial charge in [-0.1, -0.05) is 20.8 Å². The third-order valence-electron chi connectivity index (χ3n) is 5.54. The molecule has 0 aliphatic rings. The number of ether oxygens (including phenoxy) is 2. The third-order valence-corrected chi connectivity index (χ3v) is 10.4. The molecule has 0 amide bonds. The first-order valence-corrected chi connectivity index (χ1v) is 14.1. The van der Waals surface area contributed by atoms with Crippen molar-refractivity contribution in [1.29, 1.82) is 0 Å². The molecule has 2 heterocycles. The van der Waals surface area contributed by atoms with Crippen LogP contribution in [-0.2, 0) is 13.9 Å². The summed E-state index contributed by atoms with van der Waals surface area (Å²) in [7, 11) is -1.91. The van der Waals surface area contributed by atoms with Crippen LogP contribution < -0.4 is 5.73 Å². The lowest BCUT2D eigenvalue weighted by Crippen LogP contribution is -2.45. The van der Waals surface area contributed by atoms with Crippen molar-refractivity contribution in [1.82, 2.24) is 19.5 Å². The average Bonchev–Trinajstić information content (AvgIpc) is 3.07. The zero-order valence-corrected chi connectivity index (χ0v) is 20.6. The highest BCUT2D eigenvalue weighted by Gasteiger charge is 2.38. The van der Waals surface area contributed by atoms with Gasteiger partial charge >= 0.3 is 0 Å². The van der Waals surface area contributed by atoms with Gasteiger partial charge in [0.1, 0.15) is 24.2 Å². The molecule has 0 saturated carbocycles. The van der Waals surface area contributed by atoms with Crippen LogP contribution in [0.3, 0.4) is 0 Å². The van der Waals surface area contributed by atoms with Gasteiger partial charge in [-0.2, -0.15) is 0 Å². The predicted octanol–water partition coefficient (Wildman–Crippen LogP) is 4.06. The maximum Gasteiger partial charge on any atom is 0.192 e. The summed E-state index contributed by atoms with van der Waals surface area (Å²) >= 11 is 1.64. The van der Waals surface area contributed by atoms with Gasteiger partial charge < -0.3 is 19.6 Å². The maximum absolute atomic E-state index is 6.44. The zero-order valence-electron chi connectivity index (χ0n) is 18.8. The number of hydrogen-bond donors (Lipinski definition) is 1. The second kappa shape index (κ2) is 9.74. The molecule has 1 unspecified atom stereocenters. The second-order valence-corrected chi connectivity index (χ2v) is 14.3. The fourth-order valence-electron chi connectivity index (χ4n) is 2.53. The molecule has 0 aromatic carbocycles. The van der Waals surface area contributed by atoms with Gasteiger partial charge in [0.15, 0.2) is 19.8 Å². The van der Waals surface area contributed by atoms with Gasteiger partial charge in [-0.3, -0.25) is 4.57 Å². The number of anilines is 1. The van der Waals surface area contributed by atoms with Crippen LogP contribution in [0.25, 0.3) is 11.2 Å². The summed E-state index contributed by atoms with van der Waals surface area (Å²) in [5.74, 6) is 0.961. The molecule has 3 atom stereocenters. The Hall–Kier alpha value is -1.20. The van der Waals surface area contributed by atoms with E-state index in [-0.39, 0.29) is 23.5 Å². The van der Waals surface area contributed by atoms with Gasteiger partial charge in [0.2, 0.25) is 0 Å². The Kier molecular flexibility index (Phi) is 8.08. The highest BCUT2D eigenvalue weighted by Crippen LogP contribution is 2.37. The van der Waals surface area contributed by atoms with E-state index in [0.29, 0.717) is 29.5 Å². The van der Waals surface area contributed by atoms with E-state index in [1.54, 1.807) is 18.1 Å². The van der Waals surface area contributed by atoms with Crippen molar-refractivity contribution < 1.29 is 13.9 Å². The number of nitrogens with two attached hydrogens (primary N) is 1. The first kappa shape index (κ1) is 24.1. The van der Waals surface area contributed by atoms with Crippen LogP contribution in [0.2, 0.25) is 18.1 Å². The Morgan fingerprint density at radius 3 is 2.52 bits per heavy atom. The van der Waals surface area contributed by atoms with Gasteiger partial charge in [0.05, 0.1) is 25.0 Å². The molecule has 10 heteroatoms. The van der Waals surface area contributed by atoms with Crippen LogP contribution >= 0.6 is 11.8 Å². The normalized spacial score (nSPS) is 16.1. The molecule has 0 aliphatic heterocycles. The largest absolute Gasteiger partial charge is 0.414 e. The van der Waals surface area contributed by atoms with Gasteiger partial charge in [0.25, 0.3) is 0 Å². The summed E-state index contributed by atoms with van der Waals surface area (Å²) in [6.07, 6.45) is 4.46. The topological polar surface area (TPSA) is 97.3 Å². The Morgan fingerprint density at radius 1 is 1.21 bits per heavy atom. The molecule has 8 nitrogen and oxygen atoms in total. The van der Waals surface area contributed by atoms with E-state index in [4.69, 9.17) is 19.6 Å². The number of rotatable bonds is 10. The van der Waals surface area contributed by atoms with Crippen molar-refractivity contribution in [2.45, 2.75) is 71.2 Å². The van der Waals surface area contributed by atoms with E-state index < -0.39 is 8.32 Å². The summed E-state index contributed by atoms with van der Waals surface area (Å²) in [4.78, 5) is 12.6. The van der Waals surface area contributed by atoms with E-state index >= 15 is 0 Å². The molecule has 0 radical (unpaired) electrons. The average molecular weight is 442 g/mol. The van der Waals surface area contributed by atoms with Crippen LogP contribution in [0.1, 0.15) is 40.8 Å². The summed E-state index contributed by atoms with van der Waals surface area (Å²) in [5, 5.41) is 0.127. The minimum atomic E-state index is -1.91. The number of thioether (sulfide) groups is 1. The molecule has 0 bridgehead atoms. The smallest absolute Gasteiger partial charge is 0.192 e. The monoisotopic (exact) mass is 441 g/mol. The molecule has 2 aromatic heterocycles. The molecular formula is C19H35N5O3SSi. The highest BCUT2D eigenvalue weighted by atomic mass is 32.2. The molecular weight excluding hydrogens is 406 g/mol. The van der Waals surface area contributed by atoms with Crippen LogP contribution in [0.4, 0.5) is 5.82 Å². The summed E-state index contributed by atoms with van der Waals surface area (Å²) < 4.78 is 20.6. The quantitative estimate of drug-likeness (QED) is 0.435. The SMILES string of the molecule is CSCOC(C)[C@@H](CO[Si](C)(C)C(C)(C)C)O[C@H](C)n1cnc2c(N)ncnc21. The number of fused-ring (bicyclic) bond motifs is 1. The van der Waals surface area contributed by atoms with Gasteiger partial charge in [-0.15, -0.1) is 11.8 Å². The van der Waals surface area contributed by atoms with Crippen LogP contribution in [0, 0.1) is 0 Å². The third kappa shape index (κ3) is 5.91. The Balaban J connectivity index is 2.18. The number of nitrogens with zero attached hydrogens (tertiary/aromatic N) is 4. The molecule has 29 heavy (non-hydrogen) atoms. The van der Waals surface area contributed by atoms with Gasteiger partial charge in [-0.05, 0) is 38.2 Å². The lowest BCUT2D eigenvalue weighted by molar-refractivity contribution is -0.119. The minimum Gasteiger partial charge on any atom is -0.414 e. The molecule has 0 spiro atoms. The number of imidazole rings is 1. The Morgan fingerprint density at radius 2 is 1.90 bits per heavy atom. The van der Waals surface area contributed by atoms with Gasteiger partial charge in [-0.25, -0.2) is 15.0 Å². The fourth-order valence-corrected chi connectivity index (χ4v) is 3.89. The molecule has 2 aromatic rings. The van der Waals surface area contributed by atoms with Crippen molar-refractivity contribution >= 4 is 37.1 Å². The molecule has 0 aliphatic carbocycles. The van der Waals surface area contributed by atoms with Crippen molar-refractivity contribution in [2.24, 2.45) is 0 Å². The number of nitrogen functional groups attached to an aromatic ring is 1. The summed E-state index contributed by atoms with van der Waals surface area (Å²) in [6, 6.07) is 0. The first-order chi connectivity index (χ1) is 13.5. The number of hydrogen-bond acceptors (Lipinski definition) is 8. The van der Waals surface area contributed by atoms with Crippen molar-refractivity contribution in [3.05, 3.63) is 12.7 Å². The van der Waals surface area contributed by atoms with Crippen molar-refractivity contribution in [3.8, 4) is 0 Å². The van der Waals surface area contributed by atoms with Crippen LogP contribution in [0.15, 0.2) is 12.7 Å². The Bertz CT molecular complexity index is 796. The highest BCUT2D eigenvalue weighted by molar-refractivity contribution is 7.98. The first-order valence-electron chi connectivity index (χ1n) is 9.81. The standard InChI is InChI=1S/C19H35N5O3SSi/c1-13(25-12-28-6)15(9-26-29(7,8)19(3,4)5)27-14(2)24-11-23-16-17(20)21-10-22-18(16)24/h10-11,13-15H,9,12H2,1-8H3,(H2,20,21,22)/t13?,14-,15-/m1/s1. The van der Waals surface area contributed by atoms with Crippen LogP contribution in [-0.4, -0.2) is 58.8 Å². The fraction of sp³-hybridized carbons (Fsp3) is 0.737. The maximum atomic E-state index is 6.44. The Labute approximate surface area is 179 Å². The van der Waals surface area contributed by atoms with Crippen molar-refractivity contribution in [3.63, 3.8) is 0 Å². The van der Waals surface area contributed by atoms with E-state index in [2.05, 4.69) is 48.8 Å². The van der Waals surface area contributed by atoms with E-state index in [1.807, 2.05) is 24.7 Å². The summed E-state index contributed by atoms with van der Waals surface area (Å²) in [6.45, 7) is 15.6. The molecule has 164 valence electrons. The summed E-state index contributed by atoms with van der Waals surface area (Å²) in [5.41, 5.74) is 7.12. The minimum absolute atomic E-state index is 0.121. The van der Waals surface area contributed by atoms with E-state index in [1.165, 1.54) is 6.33 Å². The zero-order chi connectivity index (χ0) is 21.8. The molecule has 2 N–H and O–H groups in total. The lowest BCUT2D eigenvalue weighted by atomic mass is 10.2. The number of aromatic nitrogens is 4. The van der Waals surface area contributed by atoms with Gasteiger partial charge in [0, 0.05) is 0 Å². The van der Waals surface area contributed by atoms with E-state index in [0.717, 1.165) is 0 Å². The molecule has 0 fully saturated rings. The van der Waals surface area contributed by atoms with Crippen LogP contribution in [0.5, 0.6) is 0 Å². The van der Waals surface area contributed by atoms with Crippen molar-refractivity contribution in [2.75, 3.05) is 24.5 Å².